The van der Waals surface area contributed by atoms with Crippen molar-refractivity contribution in [2.45, 2.75) is 20.3 Å². The van der Waals surface area contributed by atoms with Gasteiger partial charge in [0.2, 0.25) is 0 Å². The fourth-order valence-corrected chi connectivity index (χ4v) is 8.44. The van der Waals surface area contributed by atoms with Crippen LogP contribution in [-0.2, 0) is 6.42 Å². The van der Waals surface area contributed by atoms with Gasteiger partial charge in [0, 0.05) is 42.4 Å². The molecule has 0 aliphatic heterocycles. The number of fused-ring (bicyclic) bond motifs is 6. The topological polar surface area (TPSA) is 38.7 Å². The number of nitrogens with zero attached hydrogens (tertiary/aromatic N) is 3. The SMILES string of the molecule is Cc1cc2c(c(-c3c(-c4ccccc4)nnnc3-c3ccc4sc5ccccc5c4c3-c3ccccc3)c1C)Cc1ccccc1-2. The summed E-state index contributed by atoms with van der Waals surface area (Å²) in [5, 5.41) is 16.8. The molecule has 0 bridgehead atoms. The summed E-state index contributed by atoms with van der Waals surface area (Å²) in [4.78, 5) is 0. The van der Waals surface area contributed by atoms with Gasteiger partial charge in [0.05, 0.1) is 0 Å². The number of aryl methyl sites for hydroxylation is 1. The first-order chi connectivity index (χ1) is 22.7. The van der Waals surface area contributed by atoms with E-state index in [0.717, 1.165) is 40.1 Å². The van der Waals surface area contributed by atoms with E-state index < -0.39 is 0 Å². The third-order valence-electron chi connectivity index (χ3n) is 9.55. The van der Waals surface area contributed by atoms with Crippen LogP contribution in [0.1, 0.15) is 22.3 Å². The van der Waals surface area contributed by atoms with E-state index in [4.69, 9.17) is 10.2 Å². The van der Waals surface area contributed by atoms with Gasteiger partial charge in [-0.25, -0.2) is 0 Å². The lowest BCUT2D eigenvalue weighted by Gasteiger charge is -2.21. The van der Waals surface area contributed by atoms with Crippen molar-refractivity contribution >= 4 is 31.5 Å². The van der Waals surface area contributed by atoms with Crippen LogP contribution >= 0.6 is 11.3 Å². The van der Waals surface area contributed by atoms with Gasteiger partial charge < -0.3 is 0 Å². The monoisotopic (exact) mass is 607 g/mol. The molecule has 2 aromatic heterocycles. The van der Waals surface area contributed by atoms with Crippen molar-refractivity contribution < 1.29 is 0 Å². The summed E-state index contributed by atoms with van der Waals surface area (Å²) in [5.41, 5.74) is 16.2. The third-order valence-corrected chi connectivity index (χ3v) is 10.7. The maximum absolute atomic E-state index is 4.96. The Morgan fingerprint density at radius 1 is 0.543 bits per heavy atom. The summed E-state index contributed by atoms with van der Waals surface area (Å²) in [7, 11) is 0. The molecule has 0 atom stereocenters. The van der Waals surface area contributed by atoms with E-state index in [2.05, 4.69) is 140 Å². The highest BCUT2D eigenvalue weighted by molar-refractivity contribution is 7.26. The summed E-state index contributed by atoms with van der Waals surface area (Å²) in [5.74, 6) is 0. The molecule has 1 aliphatic carbocycles. The van der Waals surface area contributed by atoms with Crippen molar-refractivity contribution in [3.63, 3.8) is 0 Å². The van der Waals surface area contributed by atoms with E-state index in [-0.39, 0.29) is 0 Å². The molecular formula is C42H29N3S. The van der Waals surface area contributed by atoms with E-state index >= 15 is 0 Å². The van der Waals surface area contributed by atoms with Crippen LogP contribution in [0.4, 0.5) is 0 Å². The molecule has 1 aliphatic rings. The van der Waals surface area contributed by atoms with Crippen LogP contribution in [0.2, 0.25) is 0 Å². The van der Waals surface area contributed by atoms with Gasteiger partial charge in [-0.1, -0.05) is 115 Å². The molecule has 8 aromatic rings. The standard InChI is InChI=1S/C42H29N3S/c1-25-23-33-30-18-10-9-17-29(30)24-34(33)37(26(25)2)40-41(28-15-7-4-8-16-28)43-45-44-42(40)32-21-22-36-39(31-19-11-12-20-35(31)46-36)38(32)27-13-5-3-6-14-27/h3-23H,24H2,1-2H3. The first-order valence-corrected chi connectivity index (χ1v) is 16.5. The molecule has 0 saturated carbocycles. The maximum Gasteiger partial charge on any atom is 0.105 e. The van der Waals surface area contributed by atoms with Crippen LogP contribution in [-0.4, -0.2) is 15.4 Å². The number of hydrogen-bond acceptors (Lipinski definition) is 4. The molecule has 2 heterocycles. The largest absolute Gasteiger partial charge is 0.135 e. The molecule has 0 unspecified atom stereocenters. The Bertz CT molecular complexity index is 2460. The smallest absolute Gasteiger partial charge is 0.105 e. The Hall–Kier alpha value is -5.45. The Morgan fingerprint density at radius 3 is 2.07 bits per heavy atom. The quantitative estimate of drug-likeness (QED) is 0.200. The first kappa shape index (κ1) is 26.9. The minimum atomic E-state index is 0.853. The number of thiophene rings is 1. The van der Waals surface area contributed by atoms with Gasteiger partial charge in [0.1, 0.15) is 11.4 Å². The molecular weight excluding hydrogens is 579 g/mol. The molecule has 218 valence electrons. The van der Waals surface area contributed by atoms with E-state index in [1.165, 1.54) is 64.7 Å². The van der Waals surface area contributed by atoms with Crippen molar-refractivity contribution in [1.82, 2.24) is 15.4 Å². The molecule has 46 heavy (non-hydrogen) atoms. The average molecular weight is 608 g/mol. The predicted molar refractivity (Wildman–Crippen MR) is 192 cm³/mol. The molecule has 0 N–H and O–H groups in total. The van der Waals surface area contributed by atoms with Crippen LogP contribution in [0.5, 0.6) is 0 Å². The number of benzene rings is 6. The van der Waals surface area contributed by atoms with Crippen molar-refractivity contribution in [1.29, 1.82) is 0 Å². The van der Waals surface area contributed by atoms with E-state index in [9.17, 15) is 0 Å². The highest BCUT2D eigenvalue weighted by Gasteiger charge is 2.30. The Morgan fingerprint density at radius 2 is 1.24 bits per heavy atom. The Kier molecular flexibility index (Phi) is 6.19. The summed E-state index contributed by atoms with van der Waals surface area (Å²) < 4.78 is 2.54. The maximum atomic E-state index is 4.96. The minimum absolute atomic E-state index is 0.853. The number of rotatable bonds is 4. The minimum Gasteiger partial charge on any atom is -0.135 e. The van der Waals surface area contributed by atoms with E-state index in [0.29, 0.717) is 0 Å². The highest BCUT2D eigenvalue weighted by atomic mass is 32.1. The fraction of sp³-hybridized carbons (Fsp3) is 0.0714. The van der Waals surface area contributed by atoms with E-state index in [1.54, 1.807) is 0 Å². The summed E-state index contributed by atoms with van der Waals surface area (Å²) in [6.45, 7) is 4.48. The lowest BCUT2D eigenvalue weighted by atomic mass is 9.83. The second kappa shape index (κ2) is 10.6. The van der Waals surface area contributed by atoms with Crippen LogP contribution in [0.25, 0.3) is 76.1 Å². The molecule has 0 spiro atoms. The van der Waals surface area contributed by atoms with Crippen LogP contribution < -0.4 is 0 Å². The van der Waals surface area contributed by atoms with Crippen molar-refractivity contribution in [2.75, 3.05) is 0 Å². The molecule has 0 saturated heterocycles. The molecule has 3 nitrogen and oxygen atoms in total. The molecule has 6 aromatic carbocycles. The Labute approximate surface area is 271 Å². The number of aromatic nitrogens is 3. The van der Waals surface area contributed by atoms with Crippen LogP contribution in [0, 0.1) is 13.8 Å². The third kappa shape index (κ3) is 4.07. The summed E-state index contributed by atoms with van der Waals surface area (Å²) in [6, 6.07) is 45.6. The van der Waals surface area contributed by atoms with Gasteiger partial charge in [0.15, 0.2) is 0 Å². The predicted octanol–water partition coefficient (Wildman–Crippen LogP) is 11.1. The van der Waals surface area contributed by atoms with Crippen molar-refractivity contribution in [2.24, 2.45) is 0 Å². The molecule has 0 radical (unpaired) electrons. The van der Waals surface area contributed by atoms with Crippen LogP contribution in [0.15, 0.2) is 127 Å². The first-order valence-electron chi connectivity index (χ1n) is 15.7. The fourth-order valence-electron chi connectivity index (χ4n) is 7.33. The molecule has 0 amide bonds. The molecule has 4 heteroatoms. The van der Waals surface area contributed by atoms with Crippen molar-refractivity contribution in [3.05, 3.63) is 150 Å². The summed E-state index contributed by atoms with van der Waals surface area (Å²) in [6.07, 6.45) is 0.873. The van der Waals surface area contributed by atoms with Gasteiger partial charge in [-0.3, -0.25) is 0 Å². The Balaban J connectivity index is 1.44. The lowest BCUT2D eigenvalue weighted by molar-refractivity contribution is 0.878. The average Bonchev–Trinajstić information content (AvgIpc) is 3.67. The second-order valence-corrected chi connectivity index (χ2v) is 13.2. The number of hydrogen-bond donors (Lipinski definition) is 0. The molecule has 9 rings (SSSR count). The van der Waals surface area contributed by atoms with Gasteiger partial charge in [-0.2, -0.15) is 0 Å². The van der Waals surface area contributed by atoms with Crippen molar-refractivity contribution in [3.8, 4) is 55.9 Å². The van der Waals surface area contributed by atoms with E-state index in [1.807, 2.05) is 17.4 Å². The second-order valence-electron chi connectivity index (χ2n) is 12.1. The summed E-state index contributed by atoms with van der Waals surface area (Å²) >= 11 is 1.84. The normalized spacial score (nSPS) is 12.0. The lowest BCUT2D eigenvalue weighted by Crippen LogP contribution is -2.05. The van der Waals surface area contributed by atoms with Gasteiger partial charge >= 0.3 is 0 Å². The van der Waals surface area contributed by atoms with Gasteiger partial charge in [-0.15, -0.1) is 21.5 Å². The molecule has 0 fully saturated rings. The van der Waals surface area contributed by atoms with Gasteiger partial charge in [-0.05, 0) is 82.1 Å². The zero-order valence-corrected chi connectivity index (χ0v) is 26.4. The zero-order chi connectivity index (χ0) is 30.8. The van der Waals surface area contributed by atoms with Gasteiger partial charge in [0.25, 0.3) is 0 Å². The highest BCUT2D eigenvalue weighted by Crippen LogP contribution is 2.51. The van der Waals surface area contributed by atoms with Crippen LogP contribution in [0.3, 0.4) is 0 Å². The zero-order valence-electron chi connectivity index (χ0n) is 25.6.